The molecule has 2 aromatic carbocycles. The van der Waals surface area contributed by atoms with Gasteiger partial charge in [-0.3, -0.25) is 14.8 Å². The first-order valence-corrected chi connectivity index (χ1v) is 11.4. The van der Waals surface area contributed by atoms with Crippen molar-refractivity contribution in [3.8, 4) is 0 Å². The van der Waals surface area contributed by atoms with Gasteiger partial charge in [0.05, 0.1) is 5.41 Å². The van der Waals surface area contributed by atoms with Crippen molar-refractivity contribution in [1.82, 2.24) is 10.2 Å². The van der Waals surface area contributed by atoms with Gasteiger partial charge in [0.25, 0.3) is 15.9 Å². The van der Waals surface area contributed by atoms with Crippen molar-refractivity contribution in [2.24, 2.45) is 0 Å². The van der Waals surface area contributed by atoms with Gasteiger partial charge in [0, 0.05) is 17.2 Å². The highest BCUT2D eigenvalue weighted by Crippen LogP contribution is 2.42. The van der Waals surface area contributed by atoms with Gasteiger partial charge in [-0.15, -0.1) is 10.2 Å². The van der Waals surface area contributed by atoms with E-state index in [2.05, 4.69) is 20.2 Å². The SMILES string of the molecule is O=C(Nc1nnc(C2CC2)s1)c1ccc(NS(=O)(=O)C=Cc2ccccc2)cc1. The van der Waals surface area contributed by atoms with Crippen molar-refractivity contribution in [2.75, 3.05) is 10.0 Å². The molecule has 0 unspecified atom stereocenters. The number of carbonyl (C=O) groups is 1. The fourth-order valence-electron chi connectivity index (χ4n) is 2.57. The molecule has 0 spiro atoms. The maximum atomic E-state index is 12.3. The minimum absolute atomic E-state index is 0.318. The summed E-state index contributed by atoms with van der Waals surface area (Å²) in [6.07, 6.45) is 3.77. The molecule has 0 aliphatic heterocycles. The molecular weight excluding hydrogens is 408 g/mol. The third-order valence-corrected chi connectivity index (χ3v) is 6.25. The minimum Gasteiger partial charge on any atom is -0.296 e. The van der Waals surface area contributed by atoms with Crippen molar-refractivity contribution in [1.29, 1.82) is 0 Å². The zero-order valence-corrected chi connectivity index (χ0v) is 16.9. The third kappa shape index (κ3) is 5.27. The van der Waals surface area contributed by atoms with Crippen molar-refractivity contribution < 1.29 is 13.2 Å². The molecule has 2 N–H and O–H groups in total. The van der Waals surface area contributed by atoms with Crippen LogP contribution in [-0.4, -0.2) is 24.5 Å². The zero-order chi connectivity index (χ0) is 20.3. The van der Waals surface area contributed by atoms with Crippen LogP contribution in [-0.2, 0) is 10.0 Å². The molecule has 3 aromatic rings. The lowest BCUT2D eigenvalue weighted by Gasteiger charge is -2.06. The average molecular weight is 427 g/mol. The number of carbonyl (C=O) groups excluding carboxylic acids is 1. The van der Waals surface area contributed by atoms with Crippen LogP contribution >= 0.6 is 11.3 Å². The van der Waals surface area contributed by atoms with Crippen molar-refractivity contribution in [3.63, 3.8) is 0 Å². The first-order chi connectivity index (χ1) is 14.0. The van der Waals surface area contributed by atoms with Gasteiger partial charge >= 0.3 is 0 Å². The largest absolute Gasteiger partial charge is 0.296 e. The smallest absolute Gasteiger partial charge is 0.257 e. The van der Waals surface area contributed by atoms with Gasteiger partial charge in [0.1, 0.15) is 5.01 Å². The Kier molecular flexibility index (Phi) is 5.41. The van der Waals surface area contributed by atoms with E-state index in [1.54, 1.807) is 24.3 Å². The quantitative estimate of drug-likeness (QED) is 0.593. The number of nitrogens with one attached hydrogen (secondary N) is 2. The highest BCUT2D eigenvalue weighted by Gasteiger charge is 2.27. The molecular formula is C20H18N4O3S2. The molecule has 0 saturated heterocycles. The van der Waals surface area contributed by atoms with Crippen LogP contribution in [0, 0.1) is 0 Å². The molecule has 1 aromatic heterocycles. The molecule has 1 amide bonds. The highest BCUT2D eigenvalue weighted by molar-refractivity contribution is 7.95. The lowest BCUT2D eigenvalue weighted by atomic mass is 10.2. The van der Waals surface area contributed by atoms with Crippen LogP contribution in [0.15, 0.2) is 60.0 Å². The molecule has 1 aliphatic carbocycles. The summed E-state index contributed by atoms with van der Waals surface area (Å²) in [5.41, 5.74) is 1.55. The van der Waals surface area contributed by atoms with Gasteiger partial charge < -0.3 is 0 Å². The van der Waals surface area contributed by atoms with Gasteiger partial charge in [0.2, 0.25) is 5.13 Å². The Morgan fingerprint density at radius 2 is 1.76 bits per heavy atom. The van der Waals surface area contributed by atoms with Gasteiger partial charge in [0.15, 0.2) is 0 Å². The third-order valence-electron chi connectivity index (χ3n) is 4.23. The summed E-state index contributed by atoms with van der Waals surface area (Å²) in [6, 6.07) is 15.3. The number of amides is 1. The number of hydrogen-bond donors (Lipinski definition) is 2. The van der Waals surface area contributed by atoms with E-state index in [1.807, 2.05) is 30.3 Å². The molecule has 1 aliphatic rings. The van der Waals surface area contributed by atoms with E-state index >= 15 is 0 Å². The van der Waals surface area contributed by atoms with E-state index in [1.165, 1.54) is 17.4 Å². The van der Waals surface area contributed by atoms with Gasteiger partial charge in [-0.25, -0.2) is 8.42 Å². The molecule has 1 saturated carbocycles. The van der Waals surface area contributed by atoms with Crippen molar-refractivity contribution in [2.45, 2.75) is 18.8 Å². The monoisotopic (exact) mass is 426 g/mol. The predicted octanol–water partition coefficient (Wildman–Crippen LogP) is 4.08. The lowest BCUT2D eigenvalue weighted by Crippen LogP contribution is -2.12. The Labute approximate surface area is 172 Å². The van der Waals surface area contributed by atoms with Crippen LogP contribution in [0.2, 0.25) is 0 Å². The highest BCUT2D eigenvalue weighted by atomic mass is 32.2. The summed E-state index contributed by atoms with van der Waals surface area (Å²) in [7, 11) is -3.66. The summed E-state index contributed by atoms with van der Waals surface area (Å²) in [4.78, 5) is 12.3. The predicted molar refractivity (Wildman–Crippen MR) is 114 cm³/mol. The molecule has 4 rings (SSSR count). The van der Waals surface area contributed by atoms with E-state index in [0.717, 1.165) is 28.8 Å². The number of rotatable bonds is 7. The molecule has 1 heterocycles. The number of nitrogens with zero attached hydrogens (tertiary/aromatic N) is 2. The van der Waals surface area contributed by atoms with Crippen LogP contribution in [0.25, 0.3) is 6.08 Å². The number of aromatic nitrogens is 2. The molecule has 7 nitrogen and oxygen atoms in total. The molecule has 1 fully saturated rings. The summed E-state index contributed by atoms with van der Waals surface area (Å²) < 4.78 is 26.9. The number of hydrogen-bond acceptors (Lipinski definition) is 6. The topological polar surface area (TPSA) is 101 Å². The van der Waals surface area contributed by atoms with Crippen LogP contribution in [0.1, 0.15) is 39.7 Å². The second-order valence-corrected chi connectivity index (χ2v) is 9.19. The molecule has 148 valence electrons. The van der Waals surface area contributed by atoms with Crippen molar-refractivity contribution >= 4 is 44.2 Å². The molecule has 0 radical (unpaired) electrons. The van der Waals surface area contributed by atoms with Crippen LogP contribution in [0.5, 0.6) is 0 Å². The summed E-state index contributed by atoms with van der Waals surface area (Å²) in [5, 5.41) is 13.3. The van der Waals surface area contributed by atoms with Crippen LogP contribution in [0.3, 0.4) is 0 Å². The van der Waals surface area contributed by atoms with E-state index in [4.69, 9.17) is 0 Å². The second kappa shape index (κ2) is 8.14. The summed E-state index contributed by atoms with van der Waals surface area (Å²) >= 11 is 1.39. The molecule has 0 atom stereocenters. The fourth-order valence-corrected chi connectivity index (χ4v) is 4.35. The maximum absolute atomic E-state index is 12.3. The first kappa shape index (κ1) is 19.3. The first-order valence-electron chi connectivity index (χ1n) is 8.99. The zero-order valence-electron chi connectivity index (χ0n) is 15.3. The summed E-state index contributed by atoms with van der Waals surface area (Å²) in [5.74, 6) is 0.170. The number of sulfonamides is 1. The fraction of sp³-hybridized carbons (Fsp3) is 0.150. The van der Waals surface area contributed by atoms with Gasteiger partial charge in [-0.1, -0.05) is 41.7 Å². The molecule has 0 bridgehead atoms. The van der Waals surface area contributed by atoms with E-state index in [9.17, 15) is 13.2 Å². The Bertz CT molecular complexity index is 1140. The van der Waals surface area contributed by atoms with E-state index < -0.39 is 10.0 Å². The lowest BCUT2D eigenvalue weighted by molar-refractivity contribution is 0.102. The number of benzene rings is 2. The standard InChI is InChI=1S/C20H18N4O3S2/c25-18(21-20-23-22-19(28-20)16-6-7-16)15-8-10-17(11-9-15)24-29(26,27)13-12-14-4-2-1-3-5-14/h1-5,8-13,16,24H,6-7H2,(H,21,23,25). The van der Waals surface area contributed by atoms with Gasteiger partial charge in [-0.05, 0) is 48.7 Å². The van der Waals surface area contributed by atoms with Crippen LogP contribution in [0.4, 0.5) is 10.8 Å². The second-order valence-electron chi connectivity index (χ2n) is 6.61. The maximum Gasteiger partial charge on any atom is 0.257 e. The number of anilines is 2. The van der Waals surface area contributed by atoms with Crippen molar-refractivity contribution in [3.05, 3.63) is 76.1 Å². The Balaban J connectivity index is 1.37. The Morgan fingerprint density at radius 1 is 1.03 bits per heavy atom. The normalized spacial score (nSPS) is 14.1. The van der Waals surface area contributed by atoms with E-state index in [0.29, 0.717) is 22.3 Å². The van der Waals surface area contributed by atoms with E-state index in [-0.39, 0.29) is 5.91 Å². The van der Waals surface area contributed by atoms with Crippen LogP contribution < -0.4 is 10.0 Å². The molecule has 9 heteroatoms. The Hall–Kier alpha value is -3.04. The minimum atomic E-state index is -3.66. The molecule has 29 heavy (non-hydrogen) atoms. The van der Waals surface area contributed by atoms with Gasteiger partial charge in [-0.2, -0.15) is 0 Å². The Morgan fingerprint density at radius 3 is 2.45 bits per heavy atom. The average Bonchev–Trinajstić information content (AvgIpc) is 3.47. The summed E-state index contributed by atoms with van der Waals surface area (Å²) in [6.45, 7) is 0.